The summed E-state index contributed by atoms with van der Waals surface area (Å²) in [5.74, 6) is -0.371. The minimum atomic E-state index is -0.371. The van der Waals surface area contributed by atoms with E-state index in [4.69, 9.17) is 11.6 Å². The molecule has 0 amide bonds. The van der Waals surface area contributed by atoms with Crippen LogP contribution in [0.15, 0.2) is 42.5 Å². The molecule has 0 aromatic heterocycles. The maximum Gasteiger partial charge on any atom is 0.142 e. The van der Waals surface area contributed by atoms with E-state index in [0.29, 0.717) is 6.54 Å². The Bertz CT molecular complexity index is 551. The van der Waals surface area contributed by atoms with Crippen molar-refractivity contribution in [3.63, 3.8) is 0 Å². The predicted octanol–water partition coefficient (Wildman–Crippen LogP) is 4.64. The number of rotatable bonds is 4. The highest BCUT2D eigenvalue weighted by atomic mass is 35.5. The van der Waals surface area contributed by atoms with Crippen LogP contribution < -0.4 is 5.32 Å². The minimum absolute atomic E-state index is 0.162. The van der Waals surface area contributed by atoms with E-state index in [1.54, 1.807) is 6.07 Å². The van der Waals surface area contributed by atoms with Crippen molar-refractivity contribution >= 4 is 11.6 Å². The third kappa shape index (κ3) is 3.79. The Balaban J connectivity index is 1.98. The molecular formula is C16H17ClFN. The molecule has 1 nitrogen and oxygen atoms in total. The largest absolute Gasteiger partial charge is 0.306 e. The zero-order valence-corrected chi connectivity index (χ0v) is 11.8. The van der Waals surface area contributed by atoms with Crippen LogP contribution in [0.4, 0.5) is 4.39 Å². The maximum atomic E-state index is 13.3. The Kier molecular flexibility index (Phi) is 4.56. The molecule has 2 rings (SSSR count). The molecule has 1 unspecified atom stereocenters. The van der Waals surface area contributed by atoms with Gasteiger partial charge in [0.1, 0.15) is 5.82 Å². The number of halogens is 2. The summed E-state index contributed by atoms with van der Waals surface area (Å²) < 4.78 is 13.3. The molecule has 2 aromatic carbocycles. The molecule has 1 N–H and O–H groups in total. The second-order valence-corrected chi connectivity index (χ2v) is 5.17. The van der Waals surface area contributed by atoms with Crippen molar-refractivity contribution in [2.45, 2.75) is 26.4 Å². The molecule has 0 radical (unpaired) electrons. The summed E-state index contributed by atoms with van der Waals surface area (Å²) in [5, 5.41) is 3.53. The van der Waals surface area contributed by atoms with E-state index >= 15 is 0 Å². The molecule has 0 saturated carbocycles. The van der Waals surface area contributed by atoms with Gasteiger partial charge in [0.25, 0.3) is 0 Å². The first-order valence-electron chi connectivity index (χ1n) is 6.30. The quantitative estimate of drug-likeness (QED) is 0.858. The van der Waals surface area contributed by atoms with Crippen molar-refractivity contribution in [2.75, 3.05) is 0 Å². The topological polar surface area (TPSA) is 12.0 Å². The van der Waals surface area contributed by atoms with E-state index in [2.05, 4.69) is 43.4 Å². The fraction of sp³-hybridized carbons (Fsp3) is 0.250. The lowest BCUT2D eigenvalue weighted by Gasteiger charge is -2.14. The SMILES string of the molecule is Cc1ccc(C(C)NCc2ccc(Cl)c(F)c2)cc1. The smallest absolute Gasteiger partial charge is 0.142 e. The van der Waals surface area contributed by atoms with Crippen LogP contribution in [0.2, 0.25) is 5.02 Å². The minimum Gasteiger partial charge on any atom is -0.306 e. The second kappa shape index (κ2) is 6.18. The van der Waals surface area contributed by atoms with Crippen molar-refractivity contribution in [3.8, 4) is 0 Å². The maximum absolute atomic E-state index is 13.3. The third-order valence-corrected chi connectivity index (χ3v) is 3.48. The molecule has 0 heterocycles. The van der Waals surface area contributed by atoms with Crippen LogP contribution in [-0.2, 0) is 6.54 Å². The molecule has 19 heavy (non-hydrogen) atoms. The highest BCUT2D eigenvalue weighted by Crippen LogP contribution is 2.17. The Labute approximate surface area is 118 Å². The zero-order chi connectivity index (χ0) is 13.8. The van der Waals surface area contributed by atoms with Crippen LogP contribution in [0.3, 0.4) is 0 Å². The van der Waals surface area contributed by atoms with Crippen molar-refractivity contribution in [1.82, 2.24) is 5.32 Å². The van der Waals surface area contributed by atoms with E-state index in [9.17, 15) is 4.39 Å². The van der Waals surface area contributed by atoms with Crippen LogP contribution in [0.5, 0.6) is 0 Å². The Hall–Kier alpha value is -1.38. The van der Waals surface area contributed by atoms with Gasteiger partial charge in [0.15, 0.2) is 0 Å². The van der Waals surface area contributed by atoms with Crippen LogP contribution in [0, 0.1) is 12.7 Å². The fourth-order valence-electron chi connectivity index (χ4n) is 1.89. The Morgan fingerprint density at radius 3 is 2.47 bits per heavy atom. The fourth-order valence-corrected chi connectivity index (χ4v) is 2.01. The molecular weight excluding hydrogens is 261 g/mol. The van der Waals surface area contributed by atoms with Gasteiger partial charge in [-0.2, -0.15) is 0 Å². The van der Waals surface area contributed by atoms with Crippen LogP contribution in [0.25, 0.3) is 0 Å². The zero-order valence-electron chi connectivity index (χ0n) is 11.1. The van der Waals surface area contributed by atoms with Gasteiger partial charge in [-0.15, -0.1) is 0 Å². The standard InChI is InChI=1S/C16H17ClFN/c1-11-3-6-14(7-4-11)12(2)19-10-13-5-8-15(17)16(18)9-13/h3-9,12,19H,10H2,1-2H3. The van der Waals surface area contributed by atoms with Crippen LogP contribution in [0.1, 0.15) is 29.7 Å². The van der Waals surface area contributed by atoms with E-state index in [0.717, 1.165) is 5.56 Å². The molecule has 0 bridgehead atoms. The van der Waals surface area contributed by atoms with Gasteiger partial charge < -0.3 is 5.32 Å². The molecule has 0 saturated heterocycles. The van der Waals surface area contributed by atoms with Gasteiger partial charge in [0.2, 0.25) is 0 Å². The van der Waals surface area contributed by atoms with Gasteiger partial charge in [-0.25, -0.2) is 4.39 Å². The monoisotopic (exact) mass is 277 g/mol. The van der Waals surface area contributed by atoms with Gasteiger partial charge in [-0.3, -0.25) is 0 Å². The third-order valence-electron chi connectivity index (χ3n) is 3.17. The molecule has 0 spiro atoms. The number of aryl methyl sites for hydroxylation is 1. The first-order chi connectivity index (χ1) is 9.06. The van der Waals surface area contributed by atoms with E-state index in [-0.39, 0.29) is 16.9 Å². The summed E-state index contributed by atoms with van der Waals surface area (Å²) >= 11 is 5.66. The van der Waals surface area contributed by atoms with Crippen molar-refractivity contribution in [1.29, 1.82) is 0 Å². The van der Waals surface area contributed by atoms with E-state index < -0.39 is 0 Å². The van der Waals surface area contributed by atoms with Gasteiger partial charge in [-0.05, 0) is 37.1 Å². The van der Waals surface area contributed by atoms with Crippen molar-refractivity contribution in [2.24, 2.45) is 0 Å². The summed E-state index contributed by atoms with van der Waals surface area (Å²) in [5.41, 5.74) is 3.36. The lowest BCUT2D eigenvalue weighted by Crippen LogP contribution is -2.18. The number of hydrogen-bond acceptors (Lipinski definition) is 1. The van der Waals surface area contributed by atoms with Gasteiger partial charge in [0, 0.05) is 12.6 Å². The van der Waals surface area contributed by atoms with Crippen LogP contribution >= 0.6 is 11.6 Å². The summed E-state index contributed by atoms with van der Waals surface area (Å²) in [6.45, 7) is 4.78. The summed E-state index contributed by atoms with van der Waals surface area (Å²) in [4.78, 5) is 0. The highest BCUT2D eigenvalue weighted by Gasteiger charge is 2.06. The molecule has 2 aromatic rings. The molecule has 100 valence electrons. The van der Waals surface area contributed by atoms with Crippen LogP contribution in [-0.4, -0.2) is 0 Å². The normalized spacial score (nSPS) is 12.4. The van der Waals surface area contributed by atoms with E-state index in [1.807, 2.05) is 6.07 Å². The van der Waals surface area contributed by atoms with Gasteiger partial charge in [0.05, 0.1) is 5.02 Å². The lowest BCUT2D eigenvalue weighted by atomic mass is 10.1. The molecule has 0 aliphatic rings. The number of nitrogens with one attached hydrogen (secondary N) is 1. The number of hydrogen-bond donors (Lipinski definition) is 1. The average Bonchev–Trinajstić information content (AvgIpc) is 2.40. The van der Waals surface area contributed by atoms with Crippen molar-refractivity contribution in [3.05, 3.63) is 70.0 Å². The Morgan fingerprint density at radius 2 is 1.84 bits per heavy atom. The van der Waals surface area contributed by atoms with E-state index in [1.165, 1.54) is 17.2 Å². The molecule has 1 atom stereocenters. The Morgan fingerprint density at radius 1 is 1.16 bits per heavy atom. The molecule has 3 heteroatoms. The molecule has 0 aliphatic carbocycles. The predicted molar refractivity (Wildman–Crippen MR) is 77.8 cm³/mol. The van der Waals surface area contributed by atoms with Gasteiger partial charge in [-0.1, -0.05) is 47.5 Å². The summed E-state index contributed by atoms with van der Waals surface area (Å²) in [7, 11) is 0. The highest BCUT2D eigenvalue weighted by molar-refractivity contribution is 6.30. The average molecular weight is 278 g/mol. The molecule has 0 fully saturated rings. The first-order valence-corrected chi connectivity index (χ1v) is 6.68. The lowest BCUT2D eigenvalue weighted by molar-refractivity contribution is 0.569. The summed E-state index contributed by atoms with van der Waals surface area (Å²) in [6, 6.07) is 13.5. The number of benzene rings is 2. The molecule has 0 aliphatic heterocycles. The summed E-state index contributed by atoms with van der Waals surface area (Å²) in [6.07, 6.45) is 0. The second-order valence-electron chi connectivity index (χ2n) is 4.76. The van der Waals surface area contributed by atoms with Gasteiger partial charge >= 0.3 is 0 Å². The first kappa shape index (κ1) is 14.0. The van der Waals surface area contributed by atoms with Crippen molar-refractivity contribution < 1.29 is 4.39 Å².